The van der Waals surface area contributed by atoms with Gasteiger partial charge in [0.1, 0.15) is 0 Å². The van der Waals surface area contributed by atoms with Crippen molar-refractivity contribution in [1.29, 1.82) is 0 Å². The molecule has 1 saturated heterocycles. The normalized spacial score (nSPS) is 15.2. The number of aryl methyl sites for hydroxylation is 1. The van der Waals surface area contributed by atoms with Gasteiger partial charge in [0.2, 0.25) is 5.95 Å². The summed E-state index contributed by atoms with van der Waals surface area (Å²) in [6.07, 6.45) is 1.66. The number of para-hydroxylation sites is 1. The molecule has 0 amide bonds. The van der Waals surface area contributed by atoms with E-state index < -0.39 is 0 Å². The van der Waals surface area contributed by atoms with Crippen LogP contribution in [0, 0.1) is 6.92 Å². The largest absolute Gasteiger partial charge is 0.379 e. The van der Waals surface area contributed by atoms with Crippen LogP contribution in [-0.2, 0) is 4.74 Å². The van der Waals surface area contributed by atoms with E-state index in [1.807, 2.05) is 0 Å². The molecule has 140 valence electrons. The minimum absolute atomic E-state index is 0.417. The molecule has 0 spiro atoms. The standard InChI is InChI=1S/C19H28N6O/c1-14(2)16-6-4-5-15(3)18(16)23-19-22-17(13-21-24-19)20-7-8-25-9-11-26-12-10-25/h4-6,13-14H,7-12H2,1-3H3,(H2,20,22,23,24). The third-order valence-electron chi connectivity index (χ3n) is 4.56. The van der Waals surface area contributed by atoms with Gasteiger partial charge in [-0.3, -0.25) is 4.90 Å². The van der Waals surface area contributed by atoms with Crippen molar-refractivity contribution < 1.29 is 4.74 Å². The van der Waals surface area contributed by atoms with E-state index in [1.165, 1.54) is 11.1 Å². The highest BCUT2D eigenvalue weighted by molar-refractivity contribution is 5.64. The lowest BCUT2D eigenvalue weighted by Crippen LogP contribution is -2.39. The summed E-state index contributed by atoms with van der Waals surface area (Å²) in [4.78, 5) is 6.93. The van der Waals surface area contributed by atoms with Crippen molar-refractivity contribution in [2.24, 2.45) is 0 Å². The fourth-order valence-electron chi connectivity index (χ4n) is 3.06. The van der Waals surface area contributed by atoms with E-state index in [4.69, 9.17) is 4.74 Å². The summed E-state index contributed by atoms with van der Waals surface area (Å²) < 4.78 is 5.37. The smallest absolute Gasteiger partial charge is 0.249 e. The molecule has 1 aliphatic rings. The van der Waals surface area contributed by atoms with Crippen LogP contribution in [0.3, 0.4) is 0 Å². The number of hydrogen-bond donors (Lipinski definition) is 2. The summed E-state index contributed by atoms with van der Waals surface area (Å²) in [6, 6.07) is 6.31. The maximum atomic E-state index is 5.37. The van der Waals surface area contributed by atoms with Crippen molar-refractivity contribution in [2.75, 3.05) is 50.0 Å². The molecule has 3 rings (SSSR count). The van der Waals surface area contributed by atoms with Crippen LogP contribution < -0.4 is 10.6 Å². The SMILES string of the molecule is Cc1cccc(C(C)C)c1Nc1nncc(NCCN2CCOCC2)n1. The predicted molar refractivity (Wildman–Crippen MR) is 104 cm³/mol. The Labute approximate surface area is 155 Å². The van der Waals surface area contributed by atoms with Crippen molar-refractivity contribution in [1.82, 2.24) is 20.1 Å². The van der Waals surface area contributed by atoms with E-state index in [-0.39, 0.29) is 0 Å². The van der Waals surface area contributed by atoms with Crippen LogP contribution in [0.1, 0.15) is 30.9 Å². The molecule has 0 radical (unpaired) electrons. The molecule has 0 unspecified atom stereocenters. The number of rotatable bonds is 7. The first-order valence-corrected chi connectivity index (χ1v) is 9.23. The number of hydrogen-bond acceptors (Lipinski definition) is 7. The first kappa shape index (κ1) is 18.5. The maximum absolute atomic E-state index is 5.37. The second kappa shape index (κ2) is 8.91. The quantitative estimate of drug-likeness (QED) is 0.790. The third kappa shape index (κ3) is 4.89. The number of aromatic nitrogens is 3. The van der Waals surface area contributed by atoms with Gasteiger partial charge in [0.05, 0.1) is 19.4 Å². The summed E-state index contributed by atoms with van der Waals surface area (Å²) in [5.41, 5.74) is 3.49. The Kier molecular flexibility index (Phi) is 6.35. The van der Waals surface area contributed by atoms with Gasteiger partial charge in [-0.05, 0) is 24.0 Å². The number of nitrogens with one attached hydrogen (secondary N) is 2. The lowest BCUT2D eigenvalue weighted by atomic mass is 9.98. The highest BCUT2D eigenvalue weighted by atomic mass is 16.5. The molecule has 2 N–H and O–H groups in total. The molecule has 7 nitrogen and oxygen atoms in total. The van der Waals surface area contributed by atoms with Gasteiger partial charge in [-0.1, -0.05) is 32.0 Å². The Morgan fingerprint density at radius 2 is 2.04 bits per heavy atom. The van der Waals surface area contributed by atoms with E-state index in [0.29, 0.717) is 11.9 Å². The van der Waals surface area contributed by atoms with Crippen molar-refractivity contribution in [3.05, 3.63) is 35.5 Å². The minimum Gasteiger partial charge on any atom is -0.379 e. The zero-order valence-corrected chi connectivity index (χ0v) is 15.8. The Morgan fingerprint density at radius 1 is 1.23 bits per heavy atom. The molecule has 0 aliphatic carbocycles. The zero-order valence-electron chi connectivity index (χ0n) is 15.8. The average Bonchev–Trinajstić information content (AvgIpc) is 2.64. The van der Waals surface area contributed by atoms with Crippen LogP contribution in [0.2, 0.25) is 0 Å². The monoisotopic (exact) mass is 356 g/mol. The minimum atomic E-state index is 0.417. The lowest BCUT2D eigenvalue weighted by molar-refractivity contribution is 0.0398. The van der Waals surface area contributed by atoms with Gasteiger partial charge in [0.15, 0.2) is 5.82 Å². The Bertz CT molecular complexity index is 715. The molecular formula is C19H28N6O. The summed E-state index contributed by atoms with van der Waals surface area (Å²) in [5, 5.41) is 14.9. The van der Waals surface area contributed by atoms with E-state index in [1.54, 1.807) is 6.20 Å². The molecular weight excluding hydrogens is 328 g/mol. The third-order valence-corrected chi connectivity index (χ3v) is 4.56. The van der Waals surface area contributed by atoms with Crippen LogP contribution in [0.25, 0.3) is 0 Å². The highest BCUT2D eigenvalue weighted by Gasteiger charge is 2.12. The van der Waals surface area contributed by atoms with Gasteiger partial charge in [0, 0.05) is 31.9 Å². The number of benzene rings is 1. The number of morpholine rings is 1. The van der Waals surface area contributed by atoms with E-state index in [2.05, 4.69) is 69.7 Å². The number of ether oxygens (including phenoxy) is 1. The van der Waals surface area contributed by atoms with Crippen LogP contribution in [0.5, 0.6) is 0 Å². The molecule has 7 heteroatoms. The summed E-state index contributed by atoms with van der Waals surface area (Å²) in [6.45, 7) is 11.8. The molecule has 0 bridgehead atoms. The van der Waals surface area contributed by atoms with Gasteiger partial charge in [-0.2, -0.15) is 10.1 Å². The fourth-order valence-corrected chi connectivity index (χ4v) is 3.06. The lowest BCUT2D eigenvalue weighted by Gasteiger charge is -2.26. The van der Waals surface area contributed by atoms with Crippen LogP contribution in [-0.4, -0.2) is 59.5 Å². The van der Waals surface area contributed by atoms with E-state index in [0.717, 1.165) is 50.9 Å². The van der Waals surface area contributed by atoms with Crippen molar-refractivity contribution in [3.63, 3.8) is 0 Å². The van der Waals surface area contributed by atoms with Gasteiger partial charge in [-0.15, -0.1) is 5.10 Å². The summed E-state index contributed by atoms with van der Waals surface area (Å²) >= 11 is 0. The molecule has 1 fully saturated rings. The van der Waals surface area contributed by atoms with Gasteiger partial charge in [-0.25, -0.2) is 0 Å². The first-order chi connectivity index (χ1) is 12.6. The predicted octanol–water partition coefficient (Wildman–Crippen LogP) is 2.79. The van der Waals surface area contributed by atoms with Crippen LogP contribution in [0.4, 0.5) is 17.5 Å². The van der Waals surface area contributed by atoms with Gasteiger partial charge in [0.25, 0.3) is 0 Å². The highest BCUT2D eigenvalue weighted by Crippen LogP contribution is 2.29. The number of anilines is 3. The van der Waals surface area contributed by atoms with E-state index >= 15 is 0 Å². The number of nitrogens with zero attached hydrogens (tertiary/aromatic N) is 4. The van der Waals surface area contributed by atoms with Gasteiger partial charge < -0.3 is 15.4 Å². The Hall–Kier alpha value is -2.25. The second-order valence-corrected chi connectivity index (χ2v) is 6.86. The van der Waals surface area contributed by atoms with Crippen molar-refractivity contribution in [3.8, 4) is 0 Å². The van der Waals surface area contributed by atoms with Crippen LogP contribution in [0.15, 0.2) is 24.4 Å². The van der Waals surface area contributed by atoms with Gasteiger partial charge >= 0.3 is 0 Å². The zero-order chi connectivity index (χ0) is 18.4. The molecule has 26 heavy (non-hydrogen) atoms. The molecule has 1 aromatic heterocycles. The molecule has 1 aliphatic heterocycles. The fraction of sp³-hybridized carbons (Fsp3) is 0.526. The topological polar surface area (TPSA) is 75.2 Å². The van der Waals surface area contributed by atoms with E-state index in [9.17, 15) is 0 Å². The molecule has 2 aromatic rings. The Balaban J connectivity index is 1.62. The van der Waals surface area contributed by atoms with Crippen LogP contribution >= 0.6 is 0 Å². The molecule has 0 atom stereocenters. The molecule has 0 saturated carbocycles. The molecule has 1 aromatic carbocycles. The van der Waals surface area contributed by atoms with Crippen molar-refractivity contribution in [2.45, 2.75) is 26.7 Å². The summed E-state index contributed by atoms with van der Waals surface area (Å²) in [7, 11) is 0. The maximum Gasteiger partial charge on any atom is 0.249 e. The van der Waals surface area contributed by atoms with Crippen molar-refractivity contribution >= 4 is 17.5 Å². The average molecular weight is 356 g/mol. The summed E-state index contributed by atoms with van der Waals surface area (Å²) in [5.74, 6) is 1.66. The Morgan fingerprint density at radius 3 is 2.81 bits per heavy atom. The first-order valence-electron chi connectivity index (χ1n) is 9.23. The molecule has 2 heterocycles. The second-order valence-electron chi connectivity index (χ2n) is 6.86.